The van der Waals surface area contributed by atoms with Gasteiger partial charge < -0.3 is 14.3 Å². The molecule has 116 valence electrons. The van der Waals surface area contributed by atoms with Gasteiger partial charge in [-0.3, -0.25) is 4.79 Å². The lowest BCUT2D eigenvalue weighted by Gasteiger charge is -2.25. The minimum Gasteiger partial charge on any atom is -0.469 e. The fraction of sp³-hybridized carbons (Fsp3) is 0.769. The molecule has 20 heavy (non-hydrogen) atoms. The molecule has 0 N–H and O–H groups in total. The summed E-state index contributed by atoms with van der Waals surface area (Å²) < 4.78 is 9.58. The first-order chi connectivity index (χ1) is 9.19. The minimum absolute atomic E-state index is 0.0881. The highest BCUT2D eigenvalue weighted by atomic mass is 16.8. The fourth-order valence-corrected chi connectivity index (χ4v) is 1.15. The molecule has 0 aromatic rings. The summed E-state index contributed by atoms with van der Waals surface area (Å²) in [5.74, 6) is -1.06. The Morgan fingerprint density at radius 1 is 1.05 bits per heavy atom. The van der Waals surface area contributed by atoms with Crippen molar-refractivity contribution in [3.8, 4) is 0 Å². The number of ether oxygens (including phenoxy) is 2. The van der Waals surface area contributed by atoms with Gasteiger partial charge in [-0.15, -0.1) is 5.06 Å². The number of nitrogens with zero attached hydrogens (tertiary/aromatic N) is 1. The lowest BCUT2D eigenvalue weighted by molar-refractivity contribution is -0.186. The lowest BCUT2D eigenvalue weighted by atomic mass is 10.2. The van der Waals surface area contributed by atoms with Crippen molar-refractivity contribution in [2.24, 2.45) is 0 Å². The smallest absolute Gasteiger partial charge is 0.443 e. The van der Waals surface area contributed by atoms with E-state index in [1.165, 1.54) is 7.11 Å². The normalized spacial score (nSPS) is 10.7. The predicted octanol–water partition coefficient (Wildman–Crippen LogP) is 2.04. The van der Waals surface area contributed by atoms with Gasteiger partial charge in [-0.2, -0.15) is 0 Å². The van der Waals surface area contributed by atoms with Crippen LogP contribution in [0.1, 0.15) is 47.0 Å². The van der Waals surface area contributed by atoms with Crippen LogP contribution in [0.25, 0.3) is 0 Å². The summed E-state index contributed by atoms with van der Waals surface area (Å²) in [5, 5.41) is 0.750. The van der Waals surface area contributed by atoms with E-state index in [9.17, 15) is 14.4 Å². The Morgan fingerprint density at radius 2 is 1.65 bits per heavy atom. The van der Waals surface area contributed by atoms with Crippen molar-refractivity contribution in [1.82, 2.24) is 5.06 Å². The number of carbonyl (C=O) groups is 3. The maximum atomic E-state index is 11.9. The zero-order chi connectivity index (χ0) is 15.8. The van der Waals surface area contributed by atoms with E-state index < -0.39 is 23.6 Å². The molecule has 7 heteroatoms. The summed E-state index contributed by atoms with van der Waals surface area (Å²) in [4.78, 5) is 39.3. The van der Waals surface area contributed by atoms with Gasteiger partial charge >= 0.3 is 18.0 Å². The number of hydroxylamine groups is 2. The Kier molecular flexibility index (Phi) is 7.64. The average Bonchev–Trinajstić information content (AvgIpc) is 2.31. The molecule has 0 aromatic carbocycles. The summed E-state index contributed by atoms with van der Waals surface area (Å²) in [6.07, 6.45) is -0.129. The van der Waals surface area contributed by atoms with Gasteiger partial charge in [-0.05, 0) is 27.2 Å². The summed E-state index contributed by atoms with van der Waals surface area (Å²) >= 11 is 0. The van der Waals surface area contributed by atoms with Crippen LogP contribution in [-0.4, -0.2) is 42.4 Å². The Balaban J connectivity index is 4.64. The zero-order valence-electron chi connectivity index (χ0n) is 12.7. The van der Waals surface area contributed by atoms with Gasteiger partial charge in [0.15, 0.2) is 0 Å². The van der Waals surface area contributed by atoms with E-state index in [0.717, 1.165) is 5.06 Å². The van der Waals surface area contributed by atoms with Gasteiger partial charge in [0.05, 0.1) is 20.1 Å². The molecule has 0 aromatic heterocycles. The molecule has 0 saturated carbocycles. The fourth-order valence-electron chi connectivity index (χ4n) is 1.15. The van der Waals surface area contributed by atoms with Gasteiger partial charge in [0.25, 0.3) is 0 Å². The molecule has 0 aliphatic heterocycles. The molecule has 0 heterocycles. The molecule has 0 radical (unpaired) electrons. The molecule has 0 saturated heterocycles. The van der Waals surface area contributed by atoms with Crippen molar-refractivity contribution < 1.29 is 28.7 Å². The molecule has 0 atom stereocenters. The number of rotatable bonds is 5. The third-order valence-electron chi connectivity index (χ3n) is 2.01. The van der Waals surface area contributed by atoms with E-state index in [2.05, 4.69) is 4.74 Å². The molecule has 0 unspecified atom stereocenters. The summed E-state index contributed by atoms with van der Waals surface area (Å²) in [6.45, 7) is 6.77. The van der Waals surface area contributed by atoms with Crippen LogP contribution >= 0.6 is 0 Å². The van der Waals surface area contributed by atoms with Crippen molar-refractivity contribution >= 4 is 18.0 Å². The average molecular weight is 289 g/mol. The second kappa shape index (κ2) is 8.39. The molecule has 0 aliphatic carbocycles. The molecular formula is C13H23NO6. The van der Waals surface area contributed by atoms with E-state index >= 15 is 0 Å². The standard InChI is InChI=1S/C13H23NO6/c1-6-7-11(16)20-14(9-8-10(15)18-5)12(17)19-13(2,3)4/h6-9H2,1-5H3. The van der Waals surface area contributed by atoms with Crippen LogP contribution in [0.4, 0.5) is 4.79 Å². The number of esters is 1. The SMILES string of the molecule is CCCC(=O)ON(CCC(=O)OC)C(=O)OC(C)(C)C. The van der Waals surface area contributed by atoms with Gasteiger partial charge in [0, 0.05) is 6.42 Å². The number of carbonyl (C=O) groups excluding carboxylic acids is 3. The molecule has 0 rings (SSSR count). The topological polar surface area (TPSA) is 82.1 Å². The Bertz CT molecular complexity index is 347. The van der Waals surface area contributed by atoms with Crippen molar-refractivity contribution in [2.75, 3.05) is 13.7 Å². The maximum Gasteiger partial charge on any atom is 0.443 e. The summed E-state index contributed by atoms with van der Waals surface area (Å²) in [5.41, 5.74) is -0.724. The van der Waals surface area contributed by atoms with E-state index in [1.54, 1.807) is 20.8 Å². The molecule has 1 amide bonds. The minimum atomic E-state index is -0.814. The zero-order valence-corrected chi connectivity index (χ0v) is 12.7. The lowest BCUT2D eigenvalue weighted by Crippen LogP contribution is -2.39. The first kappa shape index (κ1) is 18.2. The highest BCUT2D eigenvalue weighted by molar-refractivity contribution is 5.74. The van der Waals surface area contributed by atoms with Gasteiger partial charge in [-0.1, -0.05) is 6.92 Å². The van der Waals surface area contributed by atoms with Crippen LogP contribution in [0.15, 0.2) is 0 Å². The van der Waals surface area contributed by atoms with Gasteiger partial charge in [-0.25, -0.2) is 9.59 Å². The predicted molar refractivity (Wildman–Crippen MR) is 70.6 cm³/mol. The number of amides is 1. The first-order valence-electron chi connectivity index (χ1n) is 6.47. The first-order valence-corrected chi connectivity index (χ1v) is 6.47. The molecule has 0 fully saturated rings. The van der Waals surface area contributed by atoms with E-state index in [-0.39, 0.29) is 19.4 Å². The number of hydrogen-bond donors (Lipinski definition) is 0. The Hall–Kier alpha value is -1.79. The molecular weight excluding hydrogens is 266 g/mol. The molecule has 0 spiro atoms. The van der Waals surface area contributed by atoms with Crippen molar-refractivity contribution in [1.29, 1.82) is 0 Å². The number of hydrogen-bond acceptors (Lipinski definition) is 6. The third-order valence-corrected chi connectivity index (χ3v) is 2.01. The van der Waals surface area contributed by atoms with Gasteiger partial charge in [0.2, 0.25) is 0 Å². The summed E-state index contributed by atoms with van der Waals surface area (Å²) in [6, 6.07) is 0. The molecule has 7 nitrogen and oxygen atoms in total. The molecule has 0 bridgehead atoms. The quantitative estimate of drug-likeness (QED) is 0.569. The monoisotopic (exact) mass is 289 g/mol. The Morgan fingerprint density at radius 3 is 2.10 bits per heavy atom. The maximum absolute atomic E-state index is 11.9. The Labute approximate surface area is 119 Å². The third kappa shape index (κ3) is 8.34. The van der Waals surface area contributed by atoms with Crippen LogP contribution in [0.2, 0.25) is 0 Å². The van der Waals surface area contributed by atoms with Crippen LogP contribution in [-0.2, 0) is 23.9 Å². The second-order valence-corrected chi connectivity index (χ2v) is 5.12. The molecule has 0 aliphatic rings. The van der Waals surface area contributed by atoms with Crippen molar-refractivity contribution in [2.45, 2.75) is 52.6 Å². The van der Waals surface area contributed by atoms with E-state index in [0.29, 0.717) is 6.42 Å². The summed E-state index contributed by atoms with van der Waals surface area (Å²) in [7, 11) is 1.24. The van der Waals surface area contributed by atoms with Gasteiger partial charge in [0.1, 0.15) is 5.60 Å². The van der Waals surface area contributed by atoms with Crippen LogP contribution in [0.3, 0.4) is 0 Å². The van der Waals surface area contributed by atoms with Crippen LogP contribution in [0.5, 0.6) is 0 Å². The van der Waals surface area contributed by atoms with Crippen LogP contribution < -0.4 is 0 Å². The van der Waals surface area contributed by atoms with E-state index in [1.807, 2.05) is 6.92 Å². The van der Waals surface area contributed by atoms with E-state index in [4.69, 9.17) is 9.57 Å². The highest BCUT2D eigenvalue weighted by Gasteiger charge is 2.25. The number of methoxy groups -OCH3 is 1. The largest absolute Gasteiger partial charge is 0.469 e. The highest BCUT2D eigenvalue weighted by Crippen LogP contribution is 2.11. The van der Waals surface area contributed by atoms with Crippen LogP contribution in [0, 0.1) is 0 Å². The second-order valence-electron chi connectivity index (χ2n) is 5.12. The van der Waals surface area contributed by atoms with Crippen molar-refractivity contribution in [3.63, 3.8) is 0 Å². The van der Waals surface area contributed by atoms with Crippen molar-refractivity contribution in [3.05, 3.63) is 0 Å².